The summed E-state index contributed by atoms with van der Waals surface area (Å²) < 4.78 is 0. The number of urea groups is 1. The molecule has 1 fully saturated rings. The minimum absolute atomic E-state index is 0.0185. The molecule has 0 aromatic rings. The molecule has 0 radical (unpaired) electrons. The molecule has 2 aliphatic rings. The highest BCUT2D eigenvalue weighted by molar-refractivity contribution is 5.79. The van der Waals surface area contributed by atoms with Gasteiger partial charge in [-0.2, -0.15) is 0 Å². The van der Waals surface area contributed by atoms with Crippen LogP contribution in [0.25, 0.3) is 0 Å². The topological polar surface area (TPSA) is 44.7 Å². The van der Waals surface area contributed by atoms with E-state index in [4.69, 9.17) is 0 Å². The first kappa shape index (κ1) is 10.2. The second-order valence-corrected chi connectivity index (χ2v) is 4.07. The third kappa shape index (κ3) is 2.81. The van der Waals surface area contributed by atoms with Crippen molar-refractivity contribution in [3.63, 3.8) is 0 Å². The van der Waals surface area contributed by atoms with E-state index in [0.717, 1.165) is 12.8 Å². The highest BCUT2D eigenvalue weighted by Gasteiger charge is 2.18. The van der Waals surface area contributed by atoms with Crippen LogP contribution in [0.4, 0.5) is 4.79 Å². The highest BCUT2D eigenvalue weighted by atomic mass is 16.2. The van der Waals surface area contributed by atoms with E-state index in [-0.39, 0.29) is 6.03 Å². The van der Waals surface area contributed by atoms with Gasteiger partial charge in [0.05, 0.1) is 0 Å². The lowest BCUT2D eigenvalue weighted by Gasteiger charge is -2.26. The number of amides is 2. The predicted molar refractivity (Wildman–Crippen MR) is 59.7 cm³/mol. The molecule has 0 saturated heterocycles. The third-order valence-corrected chi connectivity index (χ3v) is 2.89. The van der Waals surface area contributed by atoms with Gasteiger partial charge in [0, 0.05) is 18.5 Å². The van der Waals surface area contributed by atoms with E-state index in [1.165, 1.54) is 19.3 Å². The highest BCUT2D eigenvalue weighted by Crippen LogP contribution is 2.17. The van der Waals surface area contributed by atoms with Crippen molar-refractivity contribution in [2.45, 2.75) is 38.1 Å². The Hall–Kier alpha value is -1.32. The molecular weight excluding hydrogens is 190 g/mol. The van der Waals surface area contributed by atoms with E-state index in [1.54, 1.807) is 23.4 Å². The predicted octanol–water partition coefficient (Wildman–Crippen LogP) is 1.89. The summed E-state index contributed by atoms with van der Waals surface area (Å²) in [6.45, 7) is 0.440. The molecule has 0 atom stereocenters. The van der Waals surface area contributed by atoms with Crippen LogP contribution in [0, 0.1) is 0 Å². The molecule has 1 N–H and O–H groups in total. The number of hydrogen-bond donors (Lipinski definition) is 1. The van der Waals surface area contributed by atoms with Gasteiger partial charge in [0.25, 0.3) is 0 Å². The standard InChI is InChI=1S/C11H17N3O/c15-11(14-8-4-7-12-9-14)13-10-5-2-1-3-6-10/h4,7-8,10H,1-3,5-6,9H2,(H,13,15). The van der Waals surface area contributed by atoms with Crippen molar-refractivity contribution in [1.29, 1.82) is 0 Å². The van der Waals surface area contributed by atoms with Crippen LogP contribution < -0.4 is 5.32 Å². The van der Waals surface area contributed by atoms with Crippen LogP contribution in [0.2, 0.25) is 0 Å². The summed E-state index contributed by atoms with van der Waals surface area (Å²) in [4.78, 5) is 17.4. The molecule has 1 aliphatic heterocycles. The van der Waals surface area contributed by atoms with Crippen molar-refractivity contribution in [3.8, 4) is 0 Å². The molecule has 0 aromatic heterocycles. The number of rotatable bonds is 1. The van der Waals surface area contributed by atoms with E-state index in [1.807, 2.05) is 0 Å². The van der Waals surface area contributed by atoms with Crippen molar-refractivity contribution in [2.24, 2.45) is 4.99 Å². The fraction of sp³-hybridized carbons (Fsp3) is 0.636. The summed E-state index contributed by atoms with van der Waals surface area (Å²) in [5.41, 5.74) is 0. The summed E-state index contributed by atoms with van der Waals surface area (Å²) in [6.07, 6.45) is 11.3. The molecule has 0 bridgehead atoms. The zero-order valence-electron chi connectivity index (χ0n) is 8.85. The maximum absolute atomic E-state index is 11.8. The Bertz CT molecular complexity index is 280. The Morgan fingerprint density at radius 2 is 2.13 bits per heavy atom. The Labute approximate surface area is 90.1 Å². The molecular formula is C11H17N3O. The van der Waals surface area contributed by atoms with Crippen molar-refractivity contribution in [1.82, 2.24) is 10.2 Å². The summed E-state index contributed by atoms with van der Waals surface area (Å²) in [7, 11) is 0. The minimum Gasteiger partial charge on any atom is -0.335 e. The summed E-state index contributed by atoms with van der Waals surface area (Å²) in [6, 6.07) is 0.348. The number of nitrogens with one attached hydrogen (secondary N) is 1. The molecule has 4 nitrogen and oxygen atoms in total. The second kappa shape index (κ2) is 4.96. The Morgan fingerprint density at radius 3 is 2.80 bits per heavy atom. The van der Waals surface area contributed by atoms with E-state index in [9.17, 15) is 4.79 Å². The van der Waals surface area contributed by atoms with E-state index in [2.05, 4.69) is 10.3 Å². The van der Waals surface area contributed by atoms with Crippen LogP contribution in [0.5, 0.6) is 0 Å². The van der Waals surface area contributed by atoms with Crippen molar-refractivity contribution in [2.75, 3.05) is 6.67 Å². The van der Waals surface area contributed by atoms with Gasteiger partial charge in [-0.25, -0.2) is 4.79 Å². The summed E-state index contributed by atoms with van der Waals surface area (Å²) in [5.74, 6) is 0. The lowest BCUT2D eigenvalue weighted by Crippen LogP contribution is -2.43. The molecule has 4 heteroatoms. The van der Waals surface area contributed by atoms with Gasteiger partial charge >= 0.3 is 6.03 Å². The Kier molecular flexibility index (Phi) is 3.37. The van der Waals surface area contributed by atoms with Gasteiger partial charge in [0.2, 0.25) is 0 Å². The normalized spacial score (nSPS) is 21.7. The maximum Gasteiger partial charge on any atom is 0.323 e. The van der Waals surface area contributed by atoms with E-state index >= 15 is 0 Å². The number of allylic oxidation sites excluding steroid dienone is 1. The molecule has 0 spiro atoms. The Balaban J connectivity index is 1.80. The Morgan fingerprint density at radius 1 is 1.33 bits per heavy atom. The number of hydrogen-bond acceptors (Lipinski definition) is 2. The average Bonchev–Trinajstić information content (AvgIpc) is 2.31. The zero-order valence-corrected chi connectivity index (χ0v) is 8.85. The molecule has 0 unspecified atom stereocenters. The van der Waals surface area contributed by atoms with Crippen molar-refractivity contribution < 1.29 is 4.79 Å². The second-order valence-electron chi connectivity index (χ2n) is 4.07. The monoisotopic (exact) mass is 207 g/mol. The van der Waals surface area contributed by atoms with Crippen LogP contribution in [0.3, 0.4) is 0 Å². The SMILES string of the molecule is O=C(NC1CCCCC1)N1C=CC=NC1. The smallest absolute Gasteiger partial charge is 0.323 e. The van der Waals surface area contributed by atoms with Crippen molar-refractivity contribution >= 4 is 12.2 Å². The number of carbonyl (C=O) groups is 1. The van der Waals surface area contributed by atoms with Crippen LogP contribution in [-0.2, 0) is 0 Å². The van der Waals surface area contributed by atoms with Crippen molar-refractivity contribution in [3.05, 3.63) is 12.3 Å². The van der Waals surface area contributed by atoms with E-state index < -0.39 is 0 Å². The summed E-state index contributed by atoms with van der Waals surface area (Å²) in [5, 5.41) is 3.05. The summed E-state index contributed by atoms with van der Waals surface area (Å²) >= 11 is 0. The number of aliphatic imine (C=N–C) groups is 1. The van der Waals surface area contributed by atoms with Crippen LogP contribution in [0.1, 0.15) is 32.1 Å². The van der Waals surface area contributed by atoms with E-state index in [0.29, 0.717) is 12.7 Å². The lowest BCUT2D eigenvalue weighted by molar-refractivity contribution is 0.207. The van der Waals surface area contributed by atoms with Gasteiger partial charge in [-0.15, -0.1) is 0 Å². The maximum atomic E-state index is 11.8. The minimum atomic E-state index is -0.0185. The van der Waals surface area contributed by atoms with Gasteiger partial charge in [0.15, 0.2) is 0 Å². The van der Waals surface area contributed by atoms with Gasteiger partial charge < -0.3 is 5.32 Å². The fourth-order valence-corrected chi connectivity index (χ4v) is 2.02. The third-order valence-electron chi connectivity index (χ3n) is 2.89. The first-order chi connectivity index (χ1) is 7.36. The molecule has 82 valence electrons. The zero-order chi connectivity index (χ0) is 10.5. The van der Waals surface area contributed by atoms with Crippen LogP contribution >= 0.6 is 0 Å². The molecule has 15 heavy (non-hydrogen) atoms. The first-order valence-electron chi connectivity index (χ1n) is 5.60. The number of nitrogens with zero attached hydrogens (tertiary/aromatic N) is 2. The molecule has 1 aliphatic carbocycles. The molecule has 1 saturated carbocycles. The molecule has 2 amide bonds. The fourth-order valence-electron chi connectivity index (χ4n) is 2.02. The molecule has 0 aromatic carbocycles. The van der Waals surface area contributed by atoms with Gasteiger partial charge in [-0.3, -0.25) is 9.89 Å². The lowest BCUT2D eigenvalue weighted by atomic mass is 9.96. The van der Waals surface area contributed by atoms with Gasteiger partial charge in [0.1, 0.15) is 6.67 Å². The number of carbonyl (C=O) groups excluding carboxylic acids is 1. The van der Waals surface area contributed by atoms with Crippen LogP contribution in [-0.4, -0.2) is 29.9 Å². The largest absolute Gasteiger partial charge is 0.335 e. The van der Waals surface area contributed by atoms with Gasteiger partial charge in [-0.05, 0) is 18.9 Å². The first-order valence-corrected chi connectivity index (χ1v) is 5.60. The average molecular weight is 207 g/mol. The van der Waals surface area contributed by atoms with Gasteiger partial charge in [-0.1, -0.05) is 19.3 Å². The molecule has 1 heterocycles. The van der Waals surface area contributed by atoms with Crippen LogP contribution in [0.15, 0.2) is 17.3 Å². The quantitative estimate of drug-likeness (QED) is 0.701. The molecule has 2 rings (SSSR count).